The predicted octanol–water partition coefficient (Wildman–Crippen LogP) is 2.73. The van der Waals surface area contributed by atoms with Crippen molar-refractivity contribution in [2.75, 3.05) is 35.2 Å². The molecule has 2 aromatic rings. The minimum absolute atomic E-state index is 0.356. The van der Waals surface area contributed by atoms with Crippen molar-refractivity contribution in [1.29, 1.82) is 0 Å². The number of piperidine rings is 1. The van der Waals surface area contributed by atoms with Crippen LogP contribution >= 0.6 is 0 Å². The zero-order valence-electron chi connectivity index (χ0n) is 15.4. The highest BCUT2D eigenvalue weighted by molar-refractivity contribution is 5.48. The molecule has 2 aromatic heterocycles. The maximum atomic E-state index is 4.46. The van der Waals surface area contributed by atoms with E-state index < -0.39 is 0 Å². The third-order valence-corrected chi connectivity index (χ3v) is 5.10. The first-order chi connectivity index (χ1) is 12.8. The molecule has 1 aliphatic heterocycles. The molecular weight excluding hydrogens is 326 g/mol. The van der Waals surface area contributed by atoms with E-state index in [1.54, 1.807) is 12.7 Å². The first kappa shape index (κ1) is 17.0. The summed E-state index contributed by atoms with van der Waals surface area (Å²) >= 11 is 0. The average Bonchev–Trinajstić information content (AvgIpc) is 3.51. The third-order valence-electron chi connectivity index (χ3n) is 5.10. The molecule has 7 heteroatoms. The molecular formula is C19H27N7. The summed E-state index contributed by atoms with van der Waals surface area (Å²) in [5, 5.41) is 6.99. The molecule has 0 radical (unpaired) electrons. The third kappa shape index (κ3) is 4.39. The number of nitrogens with one attached hydrogen (secondary N) is 2. The molecule has 1 atom stereocenters. The van der Waals surface area contributed by atoms with Gasteiger partial charge in [0.2, 0.25) is 0 Å². The number of aryl methyl sites for hydroxylation is 1. The summed E-state index contributed by atoms with van der Waals surface area (Å²) < 4.78 is 0. The molecule has 7 nitrogen and oxygen atoms in total. The second-order valence-corrected chi connectivity index (χ2v) is 7.26. The van der Waals surface area contributed by atoms with Crippen LogP contribution in [0.3, 0.4) is 0 Å². The Hall–Kier alpha value is -2.44. The maximum Gasteiger partial charge on any atom is 0.132 e. The van der Waals surface area contributed by atoms with Gasteiger partial charge in [-0.05, 0) is 38.0 Å². The monoisotopic (exact) mass is 353 g/mol. The maximum absolute atomic E-state index is 4.46. The van der Waals surface area contributed by atoms with Gasteiger partial charge < -0.3 is 15.5 Å². The molecule has 0 amide bonds. The van der Waals surface area contributed by atoms with Gasteiger partial charge in [-0.25, -0.2) is 19.9 Å². The van der Waals surface area contributed by atoms with Crippen molar-refractivity contribution in [1.82, 2.24) is 19.9 Å². The van der Waals surface area contributed by atoms with Crippen molar-refractivity contribution in [3.8, 4) is 0 Å². The van der Waals surface area contributed by atoms with Gasteiger partial charge in [0.15, 0.2) is 0 Å². The lowest BCUT2D eigenvalue weighted by atomic mass is 10.1. The summed E-state index contributed by atoms with van der Waals surface area (Å²) in [7, 11) is 0. The summed E-state index contributed by atoms with van der Waals surface area (Å²) in [6.45, 7) is 5.10. The fraction of sp³-hybridized carbons (Fsp3) is 0.579. The molecule has 3 heterocycles. The van der Waals surface area contributed by atoms with E-state index in [9.17, 15) is 0 Å². The fourth-order valence-electron chi connectivity index (χ4n) is 3.37. The highest BCUT2D eigenvalue weighted by Crippen LogP contribution is 2.29. The second-order valence-electron chi connectivity index (χ2n) is 7.26. The number of aromatic nitrogens is 4. The van der Waals surface area contributed by atoms with Gasteiger partial charge in [0.1, 0.15) is 30.1 Å². The first-order valence-corrected chi connectivity index (χ1v) is 9.68. The Balaban J connectivity index is 1.37. The van der Waals surface area contributed by atoms with Gasteiger partial charge in [0, 0.05) is 43.5 Å². The van der Waals surface area contributed by atoms with Crippen molar-refractivity contribution in [2.45, 2.75) is 45.1 Å². The summed E-state index contributed by atoms with van der Waals surface area (Å²) in [6, 6.07) is 4.48. The second kappa shape index (κ2) is 7.85. The van der Waals surface area contributed by atoms with Gasteiger partial charge in [-0.2, -0.15) is 0 Å². The van der Waals surface area contributed by atoms with Crippen molar-refractivity contribution < 1.29 is 0 Å². The highest BCUT2D eigenvalue weighted by Gasteiger charge is 2.22. The predicted molar refractivity (Wildman–Crippen MR) is 104 cm³/mol. The van der Waals surface area contributed by atoms with Crippen molar-refractivity contribution in [3.63, 3.8) is 0 Å². The molecule has 2 aliphatic rings. The lowest BCUT2D eigenvalue weighted by molar-refractivity contribution is 0.525. The molecule has 0 spiro atoms. The summed E-state index contributed by atoms with van der Waals surface area (Å²) in [6.07, 6.45) is 9.19. The van der Waals surface area contributed by atoms with Crippen molar-refractivity contribution in [2.24, 2.45) is 5.92 Å². The average molecular weight is 353 g/mol. The zero-order chi connectivity index (χ0) is 17.8. The molecule has 2 N–H and O–H groups in total. The van der Waals surface area contributed by atoms with Crippen LogP contribution in [0.5, 0.6) is 0 Å². The van der Waals surface area contributed by atoms with Gasteiger partial charge in [-0.15, -0.1) is 0 Å². The van der Waals surface area contributed by atoms with Crippen LogP contribution < -0.4 is 15.5 Å². The van der Waals surface area contributed by atoms with Crippen LogP contribution in [-0.4, -0.2) is 45.6 Å². The normalized spacial score (nSPS) is 20.0. The molecule has 138 valence electrons. The minimum atomic E-state index is 0.356. The van der Waals surface area contributed by atoms with E-state index in [0.29, 0.717) is 6.04 Å². The number of anilines is 3. The molecule has 4 rings (SSSR count). The van der Waals surface area contributed by atoms with Crippen molar-refractivity contribution in [3.05, 3.63) is 30.5 Å². The van der Waals surface area contributed by atoms with E-state index >= 15 is 0 Å². The van der Waals surface area contributed by atoms with E-state index in [-0.39, 0.29) is 0 Å². The van der Waals surface area contributed by atoms with E-state index in [2.05, 4.69) is 48.5 Å². The van der Waals surface area contributed by atoms with Crippen molar-refractivity contribution >= 4 is 17.5 Å². The van der Waals surface area contributed by atoms with Gasteiger partial charge in [-0.1, -0.05) is 6.92 Å². The Morgan fingerprint density at radius 2 is 1.88 bits per heavy atom. The molecule has 26 heavy (non-hydrogen) atoms. The van der Waals surface area contributed by atoms with E-state index in [1.807, 2.05) is 6.07 Å². The number of hydrogen-bond acceptors (Lipinski definition) is 7. The summed E-state index contributed by atoms with van der Waals surface area (Å²) in [5.41, 5.74) is 1.09. The lowest BCUT2D eigenvalue weighted by Gasteiger charge is -2.34. The van der Waals surface area contributed by atoms with E-state index in [1.165, 1.54) is 12.8 Å². The van der Waals surface area contributed by atoms with Gasteiger partial charge in [-0.3, -0.25) is 0 Å². The van der Waals surface area contributed by atoms with Crippen LogP contribution in [0.15, 0.2) is 24.8 Å². The number of nitrogens with zero attached hydrogens (tertiary/aromatic N) is 5. The summed E-state index contributed by atoms with van der Waals surface area (Å²) in [5.74, 6) is 3.65. The standard InChI is InChI=1S/C19H27N7/c1-2-15-8-19(24-12-21-15)26-7-3-4-16(11-26)25-18-9-17(22-13-23-18)20-10-14-5-6-14/h8-9,12-14,16H,2-7,10-11H2,1H3,(H2,20,22,23,25). The Morgan fingerprint density at radius 1 is 1.04 bits per heavy atom. The molecule has 0 bridgehead atoms. The zero-order valence-corrected chi connectivity index (χ0v) is 15.4. The highest BCUT2D eigenvalue weighted by atomic mass is 15.2. The molecule has 2 fully saturated rings. The van der Waals surface area contributed by atoms with E-state index in [4.69, 9.17) is 0 Å². The van der Waals surface area contributed by atoms with Gasteiger partial charge >= 0.3 is 0 Å². The van der Waals surface area contributed by atoms with Gasteiger partial charge in [0.25, 0.3) is 0 Å². The molecule has 0 aromatic carbocycles. The SMILES string of the molecule is CCc1cc(N2CCCC(Nc3cc(NCC4CC4)ncn3)C2)ncn1. The van der Waals surface area contributed by atoms with Crippen LogP contribution in [-0.2, 0) is 6.42 Å². The largest absolute Gasteiger partial charge is 0.370 e. The Kier molecular flexibility index (Phi) is 5.13. The Bertz CT molecular complexity index is 731. The van der Waals surface area contributed by atoms with Crippen LogP contribution in [0, 0.1) is 5.92 Å². The molecule has 1 unspecified atom stereocenters. The lowest BCUT2D eigenvalue weighted by Crippen LogP contribution is -2.42. The number of hydrogen-bond donors (Lipinski definition) is 2. The number of rotatable bonds is 7. The van der Waals surface area contributed by atoms with Crippen LogP contribution in [0.4, 0.5) is 17.5 Å². The molecule has 1 saturated carbocycles. The van der Waals surface area contributed by atoms with Crippen LogP contribution in [0.25, 0.3) is 0 Å². The quantitative estimate of drug-likeness (QED) is 0.792. The van der Waals surface area contributed by atoms with Crippen LogP contribution in [0.2, 0.25) is 0 Å². The van der Waals surface area contributed by atoms with E-state index in [0.717, 1.165) is 68.0 Å². The fourth-order valence-corrected chi connectivity index (χ4v) is 3.37. The summed E-state index contributed by atoms with van der Waals surface area (Å²) in [4.78, 5) is 19.8. The van der Waals surface area contributed by atoms with Crippen LogP contribution in [0.1, 0.15) is 38.3 Å². The topological polar surface area (TPSA) is 78.9 Å². The smallest absolute Gasteiger partial charge is 0.132 e. The Morgan fingerprint density at radius 3 is 2.73 bits per heavy atom. The van der Waals surface area contributed by atoms with Gasteiger partial charge in [0.05, 0.1) is 0 Å². The Labute approximate surface area is 154 Å². The minimum Gasteiger partial charge on any atom is -0.370 e. The first-order valence-electron chi connectivity index (χ1n) is 9.68. The molecule has 1 aliphatic carbocycles. The molecule has 1 saturated heterocycles.